The molecule has 3 N–H and O–H groups in total. The van der Waals surface area contributed by atoms with Crippen LogP contribution in [0.15, 0.2) is 24.3 Å². The van der Waals surface area contributed by atoms with Crippen LogP contribution in [0.4, 0.5) is 5.69 Å². The van der Waals surface area contributed by atoms with E-state index in [1.807, 2.05) is 24.3 Å². The summed E-state index contributed by atoms with van der Waals surface area (Å²) in [6.45, 7) is 5.37. The largest absolute Gasteiger partial charge is 0.314 e. The van der Waals surface area contributed by atoms with Crippen molar-refractivity contribution in [1.29, 1.82) is 0 Å². The second-order valence-corrected chi connectivity index (χ2v) is 3.83. The van der Waals surface area contributed by atoms with E-state index >= 15 is 0 Å². The van der Waals surface area contributed by atoms with Crippen LogP contribution in [0.1, 0.15) is 5.56 Å². The maximum absolute atomic E-state index is 8.68. The number of anilines is 1. The summed E-state index contributed by atoms with van der Waals surface area (Å²) in [5, 5.41) is 12.0. The summed E-state index contributed by atoms with van der Waals surface area (Å²) in [6.07, 6.45) is 0. The molecule has 4 heteroatoms. The van der Waals surface area contributed by atoms with E-state index < -0.39 is 0 Å². The molecule has 0 radical (unpaired) electrons. The summed E-state index contributed by atoms with van der Waals surface area (Å²) >= 11 is 0. The minimum atomic E-state index is 0.735. The topological polar surface area (TPSA) is 47.5 Å². The Bertz CT molecular complexity index is 293. The third-order valence-corrected chi connectivity index (χ3v) is 2.70. The summed E-state index contributed by atoms with van der Waals surface area (Å²) in [5.41, 5.74) is 4.16. The van der Waals surface area contributed by atoms with Crippen molar-refractivity contribution in [2.24, 2.45) is 0 Å². The van der Waals surface area contributed by atoms with Gasteiger partial charge >= 0.3 is 0 Å². The highest BCUT2D eigenvalue weighted by atomic mass is 16.5. The lowest BCUT2D eigenvalue weighted by Gasteiger charge is -2.27. The first kappa shape index (κ1) is 10.4. The average molecular weight is 207 g/mol. The standard InChI is InChI=1S/C11H17N3O/c15-13-11-3-1-10(2-4-11)9-14-7-5-12-6-8-14/h1-4,12-13,15H,5-9H2. The van der Waals surface area contributed by atoms with Crippen molar-refractivity contribution < 1.29 is 5.21 Å². The molecule has 82 valence electrons. The second-order valence-electron chi connectivity index (χ2n) is 3.83. The summed E-state index contributed by atoms with van der Waals surface area (Å²) in [6, 6.07) is 7.86. The van der Waals surface area contributed by atoms with Crippen molar-refractivity contribution in [3.8, 4) is 0 Å². The summed E-state index contributed by atoms with van der Waals surface area (Å²) in [7, 11) is 0. The molecule has 1 fully saturated rings. The normalized spacial score (nSPS) is 17.7. The number of nitrogens with zero attached hydrogens (tertiary/aromatic N) is 1. The van der Waals surface area contributed by atoms with Gasteiger partial charge in [-0.05, 0) is 17.7 Å². The maximum atomic E-state index is 8.68. The van der Waals surface area contributed by atoms with Crippen molar-refractivity contribution in [3.05, 3.63) is 29.8 Å². The molecule has 2 rings (SSSR count). The monoisotopic (exact) mass is 207 g/mol. The Morgan fingerprint density at radius 3 is 2.47 bits per heavy atom. The predicted molar refractivity (Wildman–Crippen MR) is 60.0 cm³/mol. The van der Waals surface area contributed by atoms with Gasteiger partial charge in [0.05, 0.1) is 5.69 Å². The SMILES string of the molecule is ONc1ccc(CN2CCNCC2)cc1. The van der Waals surface area contributed by atoms with Crippen molar-refractivity contribution in [2.75, 3.05) is 31.7 Å². The van der Waals surface area contributed by atoms with E-state index in [-0.39, 0.29) is 0 Å². The van der Waals surface area contributed by atoms with Crippen LogP contribution in [-0.4, -0.2) is 36.3 Å². The Balaban J connectivity index is 1.91. The molecule has 0 amide bonds. The molecule has 0 atom stereocenters. The highest BCUT2D eigenvalue weighted by Crippen LogP contribution is 2.10. The quantitative estimate of drug-likeness (QED) is 0.644. The lowest BCUT2D eigenvalue weighted by molar-refractivity contribution is 0.233. The highest BCUT2D eigenvalue weighted by molar-refractivity contribution is 5.42. The van der Waals surface area contributed by atoms with Gasteiger partial charge in [0.15, 0.2) is 0 Å². The molecule has 4 nitrogen and oxygen atoms in total. The first-order valence-corrected chi connectivity index (χ1v) is 5.30. The fraction of sp³-hybridized carbons (Fsp3) is 0.455. The molecule has 1 aromatic rings. The van der Waals surface area contributed by atoms with Crippen LogP contribution in [0.3, 0.4) is 0 Å². The van der Waals surface area contributed by atoms with Gasteiger partial charge in [0.2, 0.25) is 0 Å². The van der Waals surface area contributed by atoms with Crippen LogP contribution in [0.5, 0.6) is 0 Å². The maximum Gasteiger partial charge on any atom is 0.0602 e. The smallest absolute Gasteiger partial charge is 0.0602 e. The van der Waals surface area contributed by atoms with Gasteiger partial charge in [-0.1, -0.05) is 12.1 Å². The molecular formula is C11H17N3O. The molecule has 1 heterocycles. The molecule has 1 aliphatic heterocycles. The van der Waals surface area contributed by atoms with E-state index in [4.69, 9.17) is 5.21 Å². The van der Waals surface area contributed by atoms with Gasteiger partial charge in [-0.15, -0.1) is 0 Å². The molecule has 0 bridgehead atoms. The Morgan fingerprint density at radius 2 is 1.87 bits per heavy atom. The lowest BCUT2D eigenvalue weighted by Crippen LogP contribution is -2.42. The number of benzene rings is 1. The van der Waals surface area contributed by atoms with Crippen LogP contribution in [0, 0.1) is 0 Å². The van der Waals surface area contributed by atoms with Gasteiger partial charge in [-0.2, -0.15) is 0 Å². The van der Waals surface area contributed by atoms with Crippen LogP contribution >= 0.6 is 0 Å². The van der Waals surface area contributed by atoms with E-state index in [9.17, 15) is 0 Å². The first-order valence-electron chi connectivity index (χ1n) is 5.30. The van der Waals surface area contributed by atoms with E-state index in [0.717, 1.165) is 38.4 Å². The zero-order valence-corrected chi connectivity index (χ0v) is 8.74. The third-order valence-electron chi connectivity index (χ3n) is 2.70. The number of nitrogens with one attached hydrogen (secondary N) is 2. The van der Waals surface area contributed by atoms with Crippen LogP contribution < -0.4 is 10.8 Å². The van der Waals surface area contributed by atoms with Gasteiger partial charge in [0.1, 0.15) is 0 Å². The molecule has 1 aliphatic rings. The number of piperazine rings is 1. The van der Waals surface area contributed by atoms with Gasteiger partial charge in [0.25, 0.3) is 0 Å². The van der Waals surface area contributed by atoms with E-state index in [0.29, 0.717) is 0 Å². The number of hydrogen-bond acceptors (Lipinski definition) is 4. The Morgan fingerprint density at radius 1 is 1.20 bits per heavy atom. The van der Waals surface area contributed by atoms with Gasteiger partial charge in [-0.25, -0.2) is 0 Å². The minimum Gasteiger partial charge on any atom is -0.314 e. The minimum absolute atomic E-state index is 0.735. The number of rotatable bonds is 3. The predicted octanol–water partition coefficient (Wildman–Crippen LogP) is 0.893. The third kappa shape index (κ3) is 2.92. The van der Waals surface area contributed by atoms with Gasteiger partial charge in [0, 0.05) is 32.7 Å². The lowest BCUT2D eigenvalue weighted by atomic mass is 10.2. The average Bonchev–Trinajstić information content (AvgIpc) is 2.31. The molecule has 0 aromatic heterocycles. The van der Waals surface area contributed by atoms with Crippen molar-refractivity contribution in [3.63, 3.8) is 0 Å². The number of hydrogen-bond donors (Lipinski definition) is 3. The molecule has 0 unspecified atom stereocenters. The van der Waals surface area contributed by atoms with E-state index in [2.05, 4.69) is 15.7 Å². The van der Waals surface area contributed by atoms with Gasteiger partial charge in [-0.3, -0.25) is 15.6 Å². The molecule has 0 spiro atoms. The van der Waals surface area contributed by atoms with Crippen molar-refractivity contribution >= 4 is 5.69 Å². The zero-order valence-electron chi connectivity index (χ0n) is 8.74. The molecule has 1 saturated heterocycles. The van der Waals surface area contributed by atoms with Crippen LogP contribution in [0.25, 0.3) is 0 Å². The highest BCUT2D eigenvalue weighted by Gasteiger charge is 2.09. The van der Waals surface area contributed by atoms with E-state index in [1.54, 1.807) is 0 Å². The van der Waals surface area contributed by atoms with Crippen LogP contribution in [-0.2, 0) is 6.54 Å². The van der Waals surface area contributed by atoms with Crippen molar-refractivity contribution in [2.45, 2.75) is 6.54 Å². The first-order chi connectivity index (χ1) is 7.38. The summed E-state index contributed by atoms with van der Waals surface area (Å²) in [5.74, 6) is 0. The zero-order chi connectivity index (χ0) is 10.5. The fourth-order valence-corrected chi connectivity index (χ4v) is 1.81. The molecular weight excluding hydrogens is 190 g/mol. The van der Waals surface area contributed by atoms with Gasteiger partial charge < -0.3 is 5.32 Å². The molecule has 1 aromatic carbocycles. The van der Waals surface area contributed by atoms with Crippen LogP contribution in [0.2, 0.25) is 0 Å². The summed E-state index contributed by atoms with van der Waals surface area (Å²) < 4.78 is 0. The van der Waals surface area contributed by atoms with Crippen molar-refractivity contribution in [1.82, 2.24) is 10.2 Å². The van der Waals surface area contributed by atoms with E-state index in [1.165, 1.54) is 5.56 Å². The summed E-state index contributed by atoms with van der Waals surface area (Å²) in [4.78, 5) is 2.43. The molecule has 0 aliphatic carbocycles. The molecule has 15 heavy (non-hydrogen) atoms. The Kier molecular flexibility index (Phi) is 3.55. The second kappa shape index (κ2) is 5.11. The molecule has 0 saturated carbocycles. The fourth-order valence-electron chi connectivity index (χ4n) is 1.81. The Hall–Kier alpha value is -1.10. The Labute approximate surface area is 89.9 Å².